The summed E-state index contributed by atoms with van der Waals surface area (Å²) in [5.41, 5.74) is 0.942. The molecule has 0 fully saturated rings. The molecule has 2 heterocycles. The summed E-state index contributed by atoms with van der Waals surface area (Å²) >= 11 is 0. The van der Waals surface area contributed by atoms with Crippen molar-refractivity contribution in [2.45, 2.75) is 38.5 Å². The molecule has 2 aromatic rings. The van der Waals surface area contributed by atoms with Crippen LogP contribution < -0.4 is 10.5 Å². The number of aromatic amines is 1. The van der Waals surface area contributed by atoms with Gasteiger partial charge >= 0.3 is 12.4 Å². The highest BCUT2D eigenvalue weighted by Gasteiger charge is 2.52. The zero-order chi connectivity index (χ0) is 22.6. The number of aromatic nitrogens is 2. The summed E-state index contributed by atoms with van der Waals surface area (Å²) in [7, 11) is 0. The second-order valence-electron chi connectivity index (χ2n) is 7.24. The van der Waals surface area contributed by atoms with E-state index in [0.29, 0.717) is 17.8 Å². The van der Waals surface area contributed by atoms with Crippen LogP contribution >= 0.6 is 0 Å². The van der Waals surface area contributed by atoms with Crippen molar-refractivity contribution in [1.29, 1.82) is 5.26 Å². The molecule has 0 saturated heterocycles. The summed E-state index contributed by atoms with van der Waals surface area (Å²) in [6.45, 7) is 4.67. The molecule has 3 N–H and O–H groups in total. The number of fused-ring (bicyclic) bond motifs is 1. The van der Waals surface area contributed by atoms with Crippen molar-refractivity contribution >= 4 is 0 Å². The number of halogens is 6. The number of allylic oxidation sites excluding steroid dienone is 1. The van der Waals surface area contributed by atoms with Gasteiger partial charge in [0.15, 0.2) is 0 Å². The maximum absolute atomic E-state index is 13.5. The standard InChI is InChI=1S/C19H16F6N4O/c1-8(2)17(13(7-26)15(27)30-16-14(17)9(3)28-29-16)10-4-11(18(20,21)22)6-12(5-10)19(23,24)25/h4-6,8H,27H2,1-3H3,(H,28,29)/t17-/m0/s1. The Kier molecular flexibility index (Phi) is 4.80. The third-order valence-electron chi connectivity index (χ3n) is 5.18. The molecule has 1 aromatic heterocycles. The van der Waals surface area contributed by atoms with Crippen LogP contribution in [0.5, 0.6) is 5.88 Å². The van der Waals surface area contributed by atoms with Gasteiger partial charge < -0.3 is 10.5 Å². The van der Waals surface area contributed by atoms with Crippen molar-refractivity contribution in [3.05, 3.63) is 57.6 Å². The Morgan fingerprint density at radius 2 is 1.63 bits per heavy atom. The Balaban J connectivity index is 2.52. The van der Waals surface area contributed by atoms with Gasteiger partial charge in [0.1, 0.15) is 11.6 Å². The van der Waals surface area contributed by atoms with Gasteiger partial charge in [0.25, 0.3) is 0 Å². The van der Waals surface area contributed by atoms with Gasteiger partial charge in [-0.05, 0) is 36.6 Å². The number of hydrogen-bond acceptors (Lipinski definition) is 4. The molecule has 1 aliphatic rings. The SMILES string of the molecule is Cc1[nH]nc2c1[C@](c1cc(C(F)(F)F)cc(C(F)(F)F)c1)(C(C)C)C(C#N)=C(N)O2. The lowest BCUT2D eigenvalue weighted by atomic mass is 9.61. The predicted octanol–water partition coefficient (Wildman–Crippen LogP) is 4.78. The van der Waals surface area contributed by atoms with E-state index in [0.717, 1.165) is 0 Å². The molecule has 160 valence electrons. The lowest BCUT2D eigenvalue weighted by Gasteiger charge is -2.41. The first-order chi connectivity index (χ1) is 13.7. The average Bonchev–Trinajstić information content (AvgIpc) is 2.99. The molecule has 1 aromatic carbocycles. The van der Waals surface area contributed by atoms with Crippen LogP contribution in [0.2, 0.25) is 0 Å². The molecular formula is C19H16F6N4O. The quantitative estimate of drug-likeness (QED) is 0.671. The highest BCUT2D eigenvalue weighted by Crippen LogP contribution is 2.53. The molecule has 0 unspecified atom stereocenters. The van der Waals surface area contributed by atoms with Crippen LogP contribution in [-0.4, -0.2) is 10.2 Å². The number of aryl methyl sites for hydroxylation is 1. The number of nitriles is 1. The summed E-state index contributed by atoms with van der Waals surface area (Å²) in [4.78, 5) is 0. The van der Waals surface area contributed by atoms with E-state index >= 15 is 0 Å². The first kappa shape index (κ1) is 21.5. The Hall–Kier alpha value is -3.16. The Morgan fingerprint density at radius 1 is 1.10 bits per heavy atom. The third kappa shape index (κ3) is 3.07. The highest BCUT2D eigenvalue weighted by molar-refractivity contribution is 5.62. The van der Waals surface area contributed by atoms with Gasteiger partial charge in [0, 0.05) is 5.69 Å². The summed E-state index contributed by atoms with van der Waals surface area (Å²) in [6, 6.07) is 3.09. The van der Waals surface area contributed by atoms with Crippen molar-refractivity contribution in [1.82, 2.24) is 10.2 Å². The van der Waals surface area contributed by atoms with Crippen LogP contribution in [0.4, 0.5) is 26.3 Å². The van der Waals surface area contributed by atoms with Gasteiger partial charge in [-0.2, -0.15) is 31.6 Å². The molecule has 3 rings (SSSR count). The van der Waals surface area contributed by atoms with Gasteiger partial charge in [-0.25, -0.2) is 0 Å². The maximum Gasteiger partial charge on any atom is 0.416 e. The van der Waals surface area contributed by atoms with Gasteiger partial charge in [-0.15, -0.1) is 5.10 Å². The molecule has 0 radical (unpaired) electrons. The van der Waals surface area contributed by atoms with E-state index in [1.807, 2.05) is 6.07 Å². The van der Waals surface area contributed by atoms with Crippen LogP contribution in [0.15, 0.2) is 29.7 Å². The number of H-pyrrole nitrogens is 1. The zero-order valence-electron chi connectivity index (χ0n) is 16.0. The molecule has 0 saturated carbocycles. The highest BCUT2D eigenvalue weighted by atomic mass is 19.4. The summed E-state index contributed by atoms with van der Waals surface area (Å²) < 4.78 is 86.3. The molecule has 0 bridgehead atoms. The van der Waals surface area contributed by atoms with Crippen LogP contribution in [0.1, 0.15) is 41.8 Å². The van der Waals surface area contributed by atoms with Crippen LogP contribution in [0, 0.1) is 24.2 Å². The zero-order valence-corrected chi connectivity index (χ0v) is 16.0. The van der Waals surface area contributed by atoms with E-state index in [1.54, 1.807) is 13.8 Å². The number of nitrogens with two attached hydrogens (primary N) is 1. The van der Waals surface area contributed by atoms with Crippen molar-refractivity contribution < 1.29 is 31.1 Å². The minimum absolute atomic E-state index is 0.0408. The number of hydrogen-bond donors (Lipinski definition) is 2. The van der Waals surface area contributed by atoms with Crippen molar-refractivity contribution in [2.24, 2.45) is 11.7 Å². The summed E-state index contributed by atoms with van der Waals surface area (Å²) in [6.07, 6.45) is -10.1. The Morgan fingerprint density at radius 3 is 2.07 bits per heavy atom. The van der Waals surface area contributed by atoms with E-state index < -0.39 is 40.7 Å². The molecule has 0 spiro atoms. The fourth-order valence-electron chi connectivity index (χ4n) is 3.94. The monoisotopic (exact) mass is 430 g/mol. The number of nitrogens with zero attached hydrogens (tertiary/aromatic N) is 2. The van der Waals surface area contributed by atoms with E-state index in [9.17, 15) is 31.6 Å². The summed E-state index contributed by atoms with van der Waals surface area (Å²) in [5, 5.41) is 16.3. The lowest BCUT2D eigenvalue weighted by molar-refractivity contribution is -0.143. The molecule has 30 heavy (non-hydrogen) atoms. The van der Waals surface area contributed by atoms with Crippen LogP contribution in [0.3, 0.4) is 0 Å². The fraction of sp³-hybridized carbons (Fsp3) is 0.368. The minimum atomic E-state index is -5.05. The van der Waals surface area contributed by atoms with Crippen LogP contribution in [0.25, 0.3) is 0 Å². The topological polar surface area (TPSA) is 87.7 Å². The van der Waals surface area contributed by atoms with Gasteiger partial charge in [0.2, 0.25) is 11.8 Å². The normalized spacial score (nSPS) is 19.5. The average molecular weight is 430 g/mol. The third-order valence-corrected chi connectivity index (χ3v) is 5.18. The second-order valence-corrected chi connectivity index (χ2v) is 7.24. The van der Waals surface area contributed by atoms with Gasteiger partial charge in [0.05, 0.1) is 22.1 Å². The first-order valence-corrected chi connectivity index (χ1v) is 8.68. The van der Waals surface area contributed by atoms with E-state index in [1.165, 1.54) is 6.92 Å². The molecule has 11 heteroatoms. The number of benzene rings is 1. The number of rotatable bonds is 2. The van der Waals surface area contributed by atoms with Gasteiger partial charge in [-0.1, -0.05) is 13.8 Å². The maximum atomic E-state index is 13.5. The predicted molar refractivity (Wildman–Crippen MR) is 92.8 cm³/mol. The molecule has 1 atom stereocenters. The van der Waals surface area contributed by atoms with Crippen molar-refractivity contribution in [3.63, 3.8) is 0 Å². The smallest absolute Gasteiger partial charge is 0.416 e. The molecule has 1 aliphatic heterocycles. The van der Waals surface area contributed by atoms with E-state index in [2.05, 4.69) is 10.2 Å². The van der Waals surface area contributed by atoms with E-state index in [4.69, 9.17) is 10.5 Å². The Labute approximate surface area is 167 Å². The number of alkyl halides is 6. The van der Waals surface area contributed by atoms with Crippen molar-refractivity contribution in [2.75, 3.05) is 0 Å². The van der Waals surface area contributed by atoms with E-state index in [-0.39, 0.29) is 28.6 Å². The minimum Gasteiger partial charge on any atom is -0.420 e. The van der Waals surface area contributed by atoms with Crippen LogP contribution in [-0.2, 0) is 17.8 Å². The molecular weight excluding hydrogens is 414 g/mol. The summed E-state index contributed by atoms with van der Waals surface area (Å²) in [5.74, 6) is -1.23. The fourth-order valence-corrected chi connectivity index (χ4v) is 3.94. The molecule has 5 nitrogen and oxygen atoms in total. The first-order valence-electron chi connectivity index (χ1n) is 8.68. The molecule has 0 aliphatic carbocycles. The van der Waals surface area contributed by atoms with Gasteiger partial charge in [-0.3, -0.25) is 5.10 Å². The number of ether oxygens (including phenoxy) is 1. The Bertz CT molecular complexity index is 1040. The lowest BCUT2D eigenvalue weighted by Crippen LogP contribution is -2.41. The largest absolute Gasteiger partial charge is 0.420 e. The second kappa shape index (κ2) is 6.68. The number of nitrogens with one attached hydrogen (secondary N) is 1. The molecule has 0 amide bonds. The van der Waals surface area contributed by atoms with Crippen molar-refractivity contribution in [3.8, 4) is 11.9 Å².